The Morgan fingerprint density at radius 3 is 2.44 bits per heavy atom. The lowest BCUT2D eigenvalue weighted by atomic mass is 9.95. The molecule has 1 aromatic carbocycles. The van der Waals surface area contributed by atoms with Gasteiger partial charge in [-0.25, -0.2) is 9.97 Å². The molecule has 0 radical (unpaired) electrons. The largest absolute Gasteiger partial charge is 0.481 e. The fraction of sp³-hybridized carbons (Fsp3) is 0.280. The van der Waals surface area contributed by atoms with E-state index in [2.05, 4.69) is 20.6 Å². The smallest absolute Gasteiger partial charge is 0.309 e. The van der Waals surface area contributed by atoms with Crippen molar-refractivity contribution in [3.8, 4) is 0 Å². The van der Waals surface area contributed by atoms with Crippen LogP contribution in [0.2, 0.25) is 0 Å². The third kappa shape index (κ3) is 6.76. The molecule has 0 aliphatic heterocycles. The number of carboxylic acids is 1. The molecule has 2 amide bonds. The molecule has 1 aliphatic rings. The number of thiazole rings is 1. The quantitative estimate of drug-likeness (QED) is 0.257. The van der Waals surface area contributed by atoms with Crippen LogP contribution in [0.5, 0.6) is 0 Å². The van der Waals surface area contributed by atoms with Crippen LogP contribution in [0.25, 0.3) is 0 Å². The Kier molecular flexibility index (Phi) is 8.44. The molecule has 3 aromatic rings. The Balaban J connectivity index is 1.40. The lowest BCUT2D eigenvalue weighted by molar-refractivity contribution is -0.136. The first kappa shape index (κ1) is 25.5. The lowest BCUT2D eigenvalue weighted by Crippen LogP contribution is -2.23. The van der Waals surface area contributed by atoms with Gasteiger partial charge in [0.15, 0.2) is 10.9 Å². The SMILES string of the molecule is O=C(O)Cc1nc(NC(=O)CC(=O)Nc2ccccc2C(=O)C2CCCC2)sc1Sc1ccccn1. The number of Topliss-reactive ketones (excluding diaryl/α,β-unsaturated/α-hetero) is 1. The number of nitrogens with zero attached hydrogens (tertiary/aromatic N) is 2. The maximum absolute atomic E-state index is 12.9. The average molecular weight is 525 g/mol. The van der Waals surface area contributed by atoms with E-state index in [1.165, 1.54) is 11.8 Å². The predicted octanol–water partition coefficient (Wildman–Crippen LogP) is 4.66. The first-order valence-electron chi connectivity index (χ1n) is 11.4. The first-order valence-corrected chi connectivity index (χ1v) is 13.1. The van der Waals surface area contributed by atoms with Crippen molar-refractivity contribution in [2.75, 3.05) is 10.6 Å². The van der Waals surface area contributed by atoms with Gasteiger partial charge in [-0.15, -0.1) is 0 Å². The minimum absolute atomic E-state index is 0.0135. The maximum atomic E-state index is 12.9. The summed E-state index contributed by atoms with van der Waals surface area (Å²) in [6.07, 6.45) is 4.58. The highest BCUT2D eigenvalue weighted by molar-refractivity contribution is 8.01. The number of ketones is 1. The number of carbonyl (C=O) groups is 4. The second-order valence-corrected chi connectivity index (χ2v) is 10.5. The Morgan fingerprint density at radius 2 is 1.72 bits per heavy atom. The number of hydrogen-bond acceptors (Lipinski definition) is 8. The zero-order valence-corrected chi connectivity index (χ0v) is 20.9. The van der Waals surface area contributed by atoms with Crippen molar-refractivity contribution in [2.45, 2.75) is 47.8 Å². The van der Waals surface area contributed by atoms with E-state index < -0.39 is 24.2 Å². The molecule has 2 heterocycles. The summed E-state index contributed by atoms with van der Waals surface area (Å²) in [7, 11) is 0. The van der Waals surface area contributed by atoms with Gasteiger partial charge in [-0.1, -0.05) is 54.1 Å². The molecule has 0 atom stereocenters. The number of para-hydroxylation sites is 1. The number of hydrogen-bond donors (Lipinski definition) is 3. The molecule has 4 rings (SSSR count). The highest BCUT2D eigenvalue weighted by Crippen LogP contribution is 2.37. The molecule has 1 aliphatic carbocycles. The van der Waals surface area contributed by atoms with Crippen LogP contribution in [0.1, 0.15) is 48.2 Å². The van der Waals surface area contributed by atoms with E-state index in [-0.39, 0.29) is 23.3 Å². The van der Waals surface area contributed by atoms with Crippen LogP contribution >= 0.6 is 23.1 Å². The van der Waals surface area contributed by atoms with Gasteiger partial charge in [-0.05, 0) is 37.1 Å². The number of carboxylic acid groups (broad SMARTS) is 1. The summed E-state index contributed by atoms with van der Waals surface area (Å²) >= 11 is 2.37. The number of aliphatic carboxylic acids is 1. The van der Waals surface area contributed by atoms with Crippen LogP contribution < -0.4 is 10.6 Å². The number of nitrogens with one attached hydrogen (secondary N) is 2. The topological polar surface area (TPSA) is 138 Å². The molecule has 2 aromatic heterocycles. The molecule has 1 saturated carbocycles. The number of aromatic nitrogens is 2. The van der Waals surface area contributed by atoms with Crippen LogP contribution in [-0.4, -0.2) is 38.6 Å². The van der Waals surface area contributed by atoms with Gasteiger partial charge in [0.1, 0.15) is 11.4 Å². The van der Waals surface area contributed by atoms with Gasteiger partial charge >= 0.3 is 5.97 Å². The number of carbonyl (C=O) groups excluding carboxylic acids is 3. The molecule has 0 unspecified atom stereocenters. The van der Waals surface area contributed by atoms with Gasteiger partial charge in [0, 0.05) is 17.7 Å². The molecule has 11 heteroatoms. The van der Waals surface area contributed by atoms with Gasteiger partial charge in [0.25, 0.3) is 0 Å². The molecule has 3 N–H and O–H groups in total. The maximum Gasteiger partial charge on any atom is 0.309 e. The zero-order chi connectivity index (χ0) is 25.5. The summed E-state index contributed by atoms with van der Waals surface area (Å²) < 4.78 is 0.593. The van der Waals surface area contributed by atoms with Gasteiger partial charge in [0.2, 0.25) is 11.8 Å². The highest BCUT2D eigenvalue weighted by Gasteiger charge is 2.26. The van der Waals surface area contributed by atoms with Crippen molar-refractivity contribution < 1.29 is 24.3 Å². The molecular formula is C25H24N4O5S2. The van der Waals surface area contributed by atoms with Crippen LogP contribution in [-0.2, 0) is 20.8 Å². The number of amides is 2. The van der Waals surface area contributed by atoms with Crippen LogP contribution in [0.3, 0.4) is 0 Å². The predicted molar refractivity (Wildman–Crippen MR) is 136 cm³/mol. The molecule has 186 valence electrons. The monoisotopic (exact) mass is 524 g/mol. The second kappa shape index (κ2) is 11.9. The Bertz CT molecular complexity index is 1270. The first-order chi connectivity index (χ1) is 17.4. The molecule has 0 spiro atoms. The summed E-state index contributed by atoms with van der Waals surface area (Å²) in [5, 5.41) is 15.3. The number of rotatable bonds is 10. The number of anilines is 2. The van der Waals surface area contributed by atoms with E-state index in [0.717, 1.165) is 37.0 Å². The van der Waals surface area contributed by atoms with Crippen molar-refractivity contribution in [2.24, 2.45) is 5.92 Å². The number of benzene rings is 1. The van der Waals surface area contributed by atoms with Gasteiger partial charge in [-0.3, -0.25) is 19.2 Å². The number of pyridine rings is 1. The van der Waals surface area contributed by atoms with Crippen molar-refractivity contribution >= 4 is 57.5 Å². The Morgan fingerprint density at radius 1 is 1.00 bits per heavy atom. The van der Waals surface area contributed by atoms with Crippen molar-refractivity contribution in [3.05, 3.63) is 59.9 Å². The van der Waals surface area contributed by atoms with Crippen molar-refractivity contribution in [1.29, 1.82) is 0 Å². The molecule has 1 fully saturated rings. The fourth-order valence-corrected chi connectivity index (χ4v) is 6.02. The molecule has 36 heavy (non-hydrogen) atoms. The van der Waals surface area contributed by atoms with E-state index in [9.17, 15) is 24.3 Å². The van der Waals surface area contributed by atoms with Gasteiger partial charge < -0.3 is 15.7 Å². The van der Waals surface area contributed by atoms with E-state index in [0.29, 0.717) is 26.2 Å². The summed E-state index contributed by atoms with van der Waals surface area (Å²) in [5.41, 5.74) is 1.15. The van der Waals surface area contributed by atoms with Gasteiger partial charge in [0.05, 0.1) is 22.0 Å². The van der Waals surface area contributed by atoms with E-state index >= 15 is 0 Å². The lowest BCUT2D eigenvalue weighted by Gasteiger charge is -2.13. The average Bonchev–Trinajstić information content (AvgIpc) is 3.50. The zero-order valence-electron chi connectivity index (χ0n) is 19.2. The van der Waals surface area contributed by atoms with Crippen molar-refractivity contribution in [1.82, 2.24) is 9.97 Å². The van der Waals surface area contributed by atoms with Gasteiger partial charge in [-0.2, -0.15) is 0 Å². The summed E-state index contributed by atoms with van der Waals surface area (Å²) in [6.45, 7) is 0. The highest BCUT2D eigenvalue weighted by atomic mass is 32.2. The summed E-state index contributed by atoms with van der Waals surface area (Å²) in [5.74, 6) is -2.23. The van der Waals surface area contributed by atoms with E-state index in [4.69, 9.17) is 0 Å². The minimum atomic E-state index is -1.05. The van der Waals surface area contributed by atoms with E-state index in [1.54, 1.807) is 42.6 Å². The summed E-state index contributed by atoms with van der Waals surface area (Å²) in [4.78, 5) is 57.7. The van der Waals surface area contributed by atoms with E-state index in [1.807, 2.05) is 6.07 Å². The molecule has 0 saturated heterocycles. The Labute approximate surface area is 215 Å². The Hall–Kier alpha value is -3.57. The van der Waals surface area contributed by atoms with Crippen LogP contribution in [0.15, 0.2) is 57.9 Å². The molecule has 0 bridgehead atoms. The second-order valence-electron chi connectivity index (χ2n) is 8.26. The third-order valence-corrected chi connectivity index (χ3v) is 7.75. The van der Waals surface area contributed by atoms with Crippen LogP contribution in [0, 0.1) is 5.92 Å². The normalized spacial score (nSPS) is 13.3. The molecular weight excluding hydrogens is 500 g/mol. The molecule has 9 nitrogen and oxygen atoms in total. The van der Waals surface area contributed by atoms with Crippen molar-refractivity contribution in [3.63, 3.8) is 0 Å². The standard InChI is InChI=1S/C25H24N4O5S2/c30-19(27-17-10-4-3-9-16(17)23(34)15-7-1-2-8-15)14-20(31)29-25-28-18(13-22(32)33)24(36-25)35-21-11-5-6-12-26-21/h3-6,9-12,15H,1-2,7-8,13-14H2,(H,27,30)(H,32,33)(H,28,29,31). The minimum Gasteiger partial charge on any atom is -0.481 e. The fourth-order valence-electron chi connectivity index (χ4n) is 3.95. The summed E-state index contributed by atoms with van der Waals surface area (Å²) in [6, 6.07) is 12.2. The van der Waals surface area contributed by atoms with Crippen LogP contribution in [0.4, 0.5) is 10.8 Å². The third-order valence-electron chi connectivity index (χ3n) is 5.58.